The monoisotopic (exact) mass is 288 g/mol. The highest BCUT2D eigenvalue weighted by Gasteiger charge is 2.15. The molecular weight excluding hydrogens is 275 g/mol. The first-order valence-corrected chi connectivity index (χ1v) is 6.48. The molecule has 2 nitrogen and oxygen atoms in total. The van der Waals surface area contributed by atoms with E-state index in [2.05, 4.69) is 26.2 Å². The first-order chi connectivity index (χ1) is 7.25. The molecule has 1 aromatic rings. The predicted octanol–water partition coefficient (Wildman–Crippen LogP) is 4.10. The van der Waals surface area contributed by atoms with Crippen LogP contribution in [0.5, 0.6) is 0 Å². The van der Waals surface area contributed by atoms with E-state index in [1.165, 1.54) is 25.7 Å². The lowest BCUT2D eigenvalue weighted by Gasteiger charge is -2.12. The van der Waals surface area contributed by atoms with Gasteiger partial charge in [0, 0.05) is 12.7 Å². The topological polar surface area (TPSA) is 24.9 Å². The first-order valence-electron chi connectivity index (χ1n) is 5.30. The summed E-state index contributed by atoms with van der Waals surface area (Å²) >= 11 is 9.27. The van der Waals surface area contributed by atoms with Crippen molar-refractivity contribution in [2.24, 2.45) is 5.92 Å². The van der Waals surface area contributed by atoms with E-state index in [0.29, 0.717) is 5.02 Å². The van der Waals surface area contributed by atoms with Gasteiger partial charge in [-0.25, -0.2) is 4.98 Å². The van der Waals surface area contributed by atoms with E-state index in [0.717, 1.165) is 22.8 Å². The molecule has 0 aliphatic heterocycles. The van der Waals surface area contributed by atoms with Gasteiger partial charge >= 0.3 is 0 Å². The summed E-state index contributed by atoms with van der Waals surface area (Å²) in [4.78, 5) is 4.25. The Bertz CT molecular complexity index is 337. The highest BCUT2D eigenvalue weighted by Crippen LogP contribution is 2.27. The van der Waals surface area contributed by atoms with Gasteiger partial charge in [-0.15, -0.1) is 0 Å². The molecule has 82 valence electrons. The molecule has 4 heteroatoms. The third kappa shape index (κ3) is 3.08. The van der Waals surface area contributed by atoms with Gasteiger partial charge in [-0.1, -0.05) is 24.4 Å². The second-order valence-electron chi connectivity index (χ2n) is 4.02. The smallest absolute Gasteiger partial charge is 0.140 e. The Morgan fingerprint density at radius 2 is 2.20 bits per heavy atom. The van der Waals surface area contributed by atoms with Crippen LogP contribution in [0.1, 0.15) is 25.7 Å². The maximum absolute atomic E-state index is 5.82. The zero-order valence-electron chi connectivity index (χ0n) is 8.47. The molecule has 1 N–H and O–H groups in total. The number of anilines is 1. The number of rotatable bonds is 3. The van der Waals surface area contributed by atoms with Crippen LogP contribution in [0.4, 0.5) is 5.82 Å². The summed E-state index contributed by atoms with van der Waals surface area (Å²) in [5, 5.41) is 4.03. The van der Waals surface area contributed by atoms with E-state index in [1.54, 1.807) is 6.20 Å². The maximum Gasteiger partial charge on any atom is 0.140 e. The summed E-state index contributed by atoms with van der Waals surface area (Å²) in [5.74, 6) is 1.71. The van der Waals surface area contributed by atoms with Crippen LogP contribution >= 0.6 is 27.5 Å². The van der Waals surface area contributed by atoms with E-state index in [1.807, 2.05) is 6.07 Å². The first kappa shape index (κ1) is 11.2. The van der Waals surface area contributed by atoms with E-state index in [4.69, 9.17) is 11.6 Å². The molecule has 0 aromatic carbocycles. The predicted molar refractivity (Wildman–Crippen MR) is 67.4 cm³/mol. The minimum Gasteiger partial charge on any atom is -0.369 e. The van der Waals surface area contributed by atoms with Crippen LogP contribution in [0, 0.1) is 5.92 Å². The van der Waals surface area contributed by atoms with Gasteiger partial charge in [-0.3, -0.25) is 0 Å². The summed E-state index contributed by atoms with van der Waals surface area (Å²) in [6.45, 7) is 1.02. The Kier molecular flexibility index (Phi) is 3.87. The van der Waals surface area contributed by atoms with Crippen LogP contribution in [-0.2, 0) is 0 Å². The zero-order valence-corrected chi connectivity index (χ0v) is 10.8. The highest BCUT2D eigenvalue weighted by molar-refractivity contribution is 9.10. The second-order valence-corrected chi connectivity index (χ2v) is 5.31. The highest BCUT2D eigenvalue weighted by atomic mass is 79.9. The van der Waals surface area contributed by atoms with Gasteiger partial charge < -0.3 is 5.32 Å². The summed E-state index contributed by atoms with van der Waals surface area (Å²) in [7, 11) is 0. The number of aromatic nitrogens is 1. The minimum absolute atomic E-state index is 0.660. The van der Waals surface area contributed by atoms with Crippen LogP contribution in [0.2, 0.25) is 5.02 Å². The number of halogens is 2. The van der Waals surface area contributed by atoms with Crippen molar-refractivity contribution in [3.05, 3.63) is 21.8 Å². The minimum atomic E-state index is 0.660. The van der Waals surface area contributed by atoms with E-state index in [-0.39, 0.29) is 0 Å². The molecule has 15 heavy (non-hydrogen) atoms. The van der Waals surface area contributed by atoms with Crippen LogP contribution in [0.3, 0.4) is 0 Å². The number of nitrogens with zero attached hydrogens (tertiary/aromatic N) is 1. The molecule has 2 rings (SSSR count). The van der Waals surface area contributed by atoms with E-state index in [9.17, 15) is 0 Å². The van der Waals surface area contributed by atoms with Gasteiger partial charge in [0.05, 0.1) is 9.50 Å². The zero-order chi connectivity index (χ0) is 10.7. The lowest BCUT2D eigenvalue weighted by atomic mass is 10.1. The van der Waals surface area contributed by atoms with Crippen LogP contribution in [0.25, 0.3) is 0 Å². The van der Waals surface area contributed by atoms with Gasteiger partial charge in [-0.2, -0.15) is 0 Å². The fourth-order valence-corrected chi connectivity index (χ4v) is 2.78. The van der Waals surface area contributed by atoms with Crippen molar-refractivity contribution < 1.29 is 0 Å². The van der Waals surface area contributed by atoms with Crippen molar-refractivity contribution in [1.29, 1.82) is 0 Å². The molecule has 0 amide bonds. The number of hydrogen-bond acceptors (Lipinski definition) is 2. The Labute approximate surface area is 104 Å². The Balaban J connectivity index is 1.92. The van der Waals surface area contributed by atoms with Crippen molar-refractivity contribution in [2.75, 3.05) is 11.9 Å². The standard InChI is InChI=1S/C11H14BrClN2/c12-10-5-9(13)7-15-11(10)14-6-8-3-1-2-4-8/h5,7-8H,1-4,6H2,(H,14,15). The van der Waals surface area contributed by atoms with Crippen molar-refractivity contribution in [2.45, 2.75) is 25.7 Å². The average molecular weight is 290 g/mol. The molecule has 0 radical (unpaired) electrons. The van der Waals surface area contributed by atoms with Gasteiger partial charge in [-0.05, 0) is 40.8 Å². The van der Waals surface area contributed by atoms with Crippen LogP contribution < -0.4 is 5.32 Å². The lowest BCUT2D eigenvalue weighted by molar-refractivity contribution is 0.579. The molecule has 0 unspecified atom stereocenters. The summed E-state index contributed by atoms with van der Waals surface area (Å²) in [6.07, 6.45) is 7.11. The molecule has 1 saturated carbocycles. The molecular formula is C11H14BrClN2. The second kappa shape index (κ2) is 5.17. The molecule has 0 saturated heterocycles. The average Bonchev–Trinajstić information content (AvgIpc) is 2.69. The van der Waals surface area contributed by atoms with Crippen molar-refractivity contribution >= 4 is 33.3 Å². The van der Waals surface area contributed by atoms with Gasteiger partial charge in [0.1, 0.15) is 5.82 Å². The molecule has 0 bridgehead atoms. The number of hydrogen-bond donors (Lipinski definition) is 1. The molecule has 1 heterocycles. The van der Waals surface area contributed by atoms with Gasteiger partial charge in [0.2, 0.25) is 0 Å². The largest absolute Gasteiger partial charge is 0.369 e. The SMILES string of the molecule is Clc1cnc(NCC2CCCC2)c(Br)c1. The van der Waals surface area contributed by atoms with Gasteiger partial charge in [0.25, 0.3) is 0 Å². The van der Waals surface area contributed by atoms with Crippen molar-refractivity contribution in [1.82, 2.24) is 4.98 Å². The summed E-state index contributed by atoms with van der Waals surface area (Å²) < 4.78 is 0.938. The summed E-state index contributed by atoms with van der Waals surface area (Å²) in [5.41, 5.74) is 0. The molecule has 0 spiro atoms. The quantitative estimate of drug-likeness (QED) is 0.906. The molecule has 1 fully saturated rings. The normalized spacial score (nSPS) is 16.9. The Morgan fingerprint density at radius 3 is 2.87 bits per heavy atom. The Morgan fingerprint density at radius 1 is 1.47 bits per heavy atom. The fraction of sp³-hybridized carbons (Fsp3) is 0.545. The number of nitrogens with one attached hydrogen (secondary N) is 1. The molecule has 1 aliphatic rings. The lowest BCUT2D eigenvalue weighted by Crippen LogP contribution is -2.12. The number of pyridine rings is 1. The van der Waals surface area contributed by atoms with E-state index >= 15 is 0 Å². The van der Waals surface area contributed by atoms with Crippen LogP contribution in [0.15, 0.2) is 16.7 Å². The van der Waals surface area contributed by atoms with Crippen molar-refractivity contribution in [3.63, 3.8) is 0 Å². The van der Waals surface area contributed by atoms with Crippen molar-refractivity contribution in [3.8, 4) is 0 Å². The Hall–Kier alpha value is -0.280. The maximum atomic E-state index is 5.82. The third-order valence-corrected chi connectivity index (χ3v) is 3.65. The molecule has 1 aliphatic carbocycles. The van der Waals surface area contributed by atoms with Gasteiger partial charge in [0.15, 0.2) is 0 Å². The van der Waals surface area contributed by atoms with E-state index < -0.39 is 0 Å². The van der Waals surface area contributed by atoms with Crippen LogP contribution in [-0.4, -0.2) is 11.5 Å². The molecule has 1 aromatic heterocycles. The fourth-order valence-electron chi connectivity index (χ4n) is 2.00. The third-order valence-electron chi connectivity index (χ3n) is 2.84. The molecule has 0 atom stereocenters. The summed E-state index contributed by atoms with van der Waals surface area (Å²) in [6, 6.07) is 1.87.